The van der Waals surface area contributed by atoms with Gasteiger partial charge in [0.2, 0.25) is 0 Å². The zero-order valence-electron chi connectivity index (χ0n) is 6.93. The maximum absolute atomic E-state index is 5.36. The van der Waals surface area contributed by atoms with Crippen molar-refractivity contribution in [2.75, 3.05) is 6.54 Å². The van der Waals surface area contributed by atoms with Gasteiger partial charge in [-0.2, -0.15) is 0 Å². The molecule has 0 amide bonds. The molecular formula is C9H17N. The fourth-order valence-electron chi connectivity index (χ4n) is 0.725. The number of allylic oxidation sites excluding steroid dienone is 4. The van der Waals surface area contributed by atoms with E-state index < -0.39 is 0 Å². The zero-order valence-corrected chi connectivity index (χ0v) is 6.93. The van der Waals surface area contributed by atoms with E-state index in [9.17, 15) is 0 Å². The summed E-state index contributed by atoms with van der Waals surface area (Å²) in [4.78, 5) is 0. The Balaban J connectivity index is 3.49. The minimum atomic E-state index is 0.793. The molecule has 0 unspecified atom stereocenters. The molecule has 0 fully saturated rings. The van der Waals surface area contributed by atoms with Gasteiger partial charge in [0, 0.05) is 0 Å². The van der Waals surface area contributed by atoms with Crippen LogP contribution in [0.2, 0.25) is 0 Å². The van der Waals surface area contributed by atoms with Crippen molar-refractivity contribution in [3.8, 4) is 0 Å². The number of hydrogen-bond donors (Lipinski definition) is 1. The summed E-state index contributed by atoms with van der Waals surface area (Å²) in [7, 11) is 0. The second kappa shape index (κ2) is 6.56. The van der Waals surface area contributed by atoms with Crippen molar-refractivity contribution >= 4 is 0 Å². The van der Waals surface area contributed by atoms with Gasteiger partial charge in [-0.05, 0) is 33.2 Å². The molecule has 0 bridgehead atoms. The highest BCUT2D eigenvalue weighted by Gasteiger charge is 1.85. The summed E-state index contributed by atoms with van der Waals surface area (Å²) in [6.45, 7) is 4.95. The molecule has 1 heteroatoms. The smallest absolute Gasteiger partial charge is 0.00742 e. The van der Waals surface area contributed by atoms with Gasteiger partial charge in [-0.3, -0.25) is 0 Å². The lowest BCUT2D eigenvalue weighted by molar-refractivity contribution is 0.823. The SMILES string of the molecule is CC=CC=C(C)CCCN. The average molecular weight is 139 g/mol. The van der Waals surface area contributed by atoms with Crippen molar-refractivity contribution in [3.05, 3.63) is 23.8 Å². The first-order chi connectivity index (χ1) is 4.81. The highest BCUT2D eigenvalue weighted by molar-refractivity contribution is 5.09. The molecule has 0 aromatic rings. The van der Waals surface area contributed by atoms with Gasteiger partial charge in [-0.1, -0.05) is 23.8 Å². The standard InChI is InChI=1S/C9H17N/c1-3-4-6-9(2)7-5-8-10/h3-4,6H,5,7-8,10H2,1-2H3. The van der Waals surface area contributed by atoms with E-state index >= 15 is 0 Å². The predicted molar refractivity (Wildman–Crippen MR) is 46.9 cm³/mol. The van der Waals surface area contributed by atoms with Gasteiger partial charge in [-0.25, -0.2) is 0 Å². The second-order valence-corrected chi connectivity index (χ2v) is 2.43. The first kappa shape index (κ1) is 9.44. The van der Waals surface area contributed by atoms with Gasteiger partial charge < -0.3 is 5.73 Å². The molecule has 0 spiro atoms. The molecule has 1 nitrogen and oxygen atoms in total. The predicted octanol–water partition coefficient (Wildman–Crippen LogP) is 2.25. The third kappa shape index (κ3) is 5.57. The van der Waals surface area contributed by atoms with E-state index in [2.05, 4.69) is 19.1 Å². The monoisotopic (exact) mass is 139 g/mol. The minimum Gasteiger partial charge on any atom is -0.330 e. The quantitative estimate of drug-likeness (QED) is 0.594. The van der Waals surface area contributed by atoms with Crippen LogP contribution in [0.1, 0.15) is 26.7 Å². The van der Waals surface area contributed by atoms with Crippen LogP contribution < -0.4 is 5.73 Å². The maximum atomic E-state index is 5.36. The van der Waals surface area contributed by atoms with Crippen LogP contribution in [0, 0.1) is 0 Å². The van der Waals surface area contributed by atoms with Crippen LogP contribution in [0.3, 0.4) is 0 Å². The summed E-state index contributed by atoms with van der Waals surface area (Å²) in [5.41, 5.74) is 6.77. The second-order valence-electron chi connectivity index (χ2n) is 2.43. The fraction of sp³-hybridized carbons (Fsp3) is 0.556. The van der Waals surface area contributed by atoms with Gasteiger partial charge in [0.05, 0.1) is 0 Å². The Bertz CT molecular complexity index is 123. The molecule has 0 aliphatic carbocycles. The maximum Gasteiger partial charge on any atom is -0.00742 e. The molecule has 0 heterocycles. The average Bonchev–Trinajstić information content (AvgIpc) is 1.97. The summed E-state index contributed by atoms with van der Waals surface area (Å²) < 4.78 is 0. The van der Waals surface area contributed by atoms with Crippen molar-refractivity contribution < 1.29 is 0 Å². The summed E-state index contributed by atoms with van der Waals surface area (Å²) >= 11 is 0. The fourth-order valence-corrected chi connectivity index (χ4v) is 0.725. The molecule has 0 saturated carbocycles. The van der Waals surface area contributed by atoms with Crippen molar-refractivity contribution in [2.45, 2.75) is 26.7 Å². The molecular weight excluding hydrogens is 122 g/mol. The first-order valence-corrected chi connectivity index (χ1v) is 3.79. The lowest BCUT2D eigenvalue weighted by atomic mass is 10.1. The minimum absolute atomic E-state index is 0.793. The highest BCUT2D eigenvalue weighted by atomic mass is 14.5. The Morgan fingerprint density at radius 2 is 2.20 bits per heavy atom. The number of nitrogens with two attached hydrogens (primary N) is 1. The van der Waals surface area contributed by atoms with E-state index in [0.29, 0.717) is 0 Å². The molecule has 58 valence electrons. The van der Waals surface area contributed by atoms with Crippen molar-refractivity contribution in [2.24, 2.45) is 5.73 Å². The van der Waals surface area contributed by atoms with Crippen LogP contribution in [-0.2, 0) is 0 Å². The Labute approximate surface area is 63.6 Å². The Morgan fingerprint density at radius 1 is 1.50 bits per heavy atom. The normalized spacial score (nSPS) is 12.9. The summed E-state index contributed by atoms with van der Waals surface area (Å²) in [5.74, 6) is 0. The van der Waals surface area contributed by atoms with Gasteiger partial charge in [0.25, 0.3) is 0 Å². The molecule has 0 rings (SSSR count). The van der Waals surface area contributed by atoms with Gasteiger partial charge in [-0.15, -0.1) is 0 Å². The molecule has 0 aromatic carbocycles. The number of rotatable bonds is 4. The molecule has 0 radical (unpaired) electrons. The Kier molecular flexibility index (Phi) is 6.19. The lowest BCUT2D eigenvalue weighted by Crippen LogP contribution is -1.97. The van der Waals surface area contributed by atoms with Crippen LogP contribution in [-0.4, -0.2) is 6.54 Å². The topological polar surface area (TPSA) is 26.0 Å². The van der Waals surface area contributed by atoms with E-state index in [-0.39, 0.29) is 0 Å². The van der Waals surface area contributed by atoms with E-state index in [1.165, 1.54) is 5.57 Å². The molecule has 0 aliphatic heterocycles. The van der Waals surface area contributed by atoms with E-state index in [4.69, 9.17) is 5.73 Å². The molecule has 10 heavy (non-hydrogen) atoms. The largest absolute Gasteiger partial charge is 0.330 e. The Hall–Kier alpha value is -0.560. The Morgan fingerprint density at radius 3 is 2.70 bits per heavy atom. The molecule has 0 aromatic heterocycles. The molecule has 2 N–H and O–H groups in total. The van der Waals surface area contributed by atoms with Crippen molar-refractivity contribution in [3.63, 3.8) is 0 Å². The van der Waals surface area contributed by atoms with Crippen LogP contribution in [0.5, 0.6) is 0 Å². The highest BCUT2D eigenvalue weighted by Crippen LogP contribution is 2.01. The van der Waals surface area contributed by atoms with E-state index in [0.717, 1.165) is 19.4 Å². The van der Waals surface area contributed by atoms with Crippen LogP contribution in [0.15, 0.2) is 23.8 Å². The van der Waals surface area contributed by atoms with Crippen LogP contribution in [0.4, 0.5) is 0 Å². The van der Waals surface area contributed by atoms with Crippen molar-refractivity contribution in [1.29, 1.82) is 0 Å². The third-order valence-corrected chi connectivity index (χ3v) is 1.35. The first-order valence-electron chi connectivity index (χ1n) is 3.79. The van der Waals surface area contributed by atoms with Gasteiger partial charge in [0.15, 0.2) is 0 Å². The van der Waals surface area contributed by atoms with Gasteiger partial charge in [0.1, 0.15) is 0 Å². The summed E-state index contributed by atoms with van der Waals surface area (Å²) in [5, 5.41) is 0. The third-order valence-electron chi connectivity index (χ3n) is 1.35. The lowest BCUT2D eigenvalue weighted by Gasteiger charge is -1.95. The van der Waals surface area contributed by atoms with Gasteiger partial charge >= 0.3 is 0 Å². The molecule has 0 atom stereocenters. The zero-order chi connectivity index (χ0) is 7.82. The van der Waals surface area contributed by atoms with Crippen molar-refractivity contribution in [1.82, 2.24) is 0 Å². The summed E-state index contributed by atoms with van der Waals surface area (Å²) in [6.07, 6.45) is 8.45. The van der Waals surface area contributed by atoms with Crippen LogP contribution in [0.25, 0.3) is 0 Å². The summed E-state index contributed by atoms with van der Waals surface area (Å²) in [6, 6.07) is 0. The molecule has 0 saturated heterocycles. The molecule has 0 aliphatic rings. The van der Waals surface area contributed by atoms with Crippen LogP contribution >= 0.6 is 0 Å². The number of hydrogen-bond acceptors (Lipinski definition) is 1. The van der Waals surface area contributed by atoms with E-state index in [1.807, 2.05) is 13.0 Å². The van der Waals surface area contributed by atoms with E-state index in [1.54, 1.807) is 0 Å².